The molecular weight excluding hydrogens is 448 g/mol. The largest absolute Gasteiger partial charge is 0.340 e. The lowest BCUT2D eigenvalue weighted by atomic mass is 10.1. The molecule has 0 bridgehead atoms. The minimum Gasteiger partial charge on any atom is -0.340 e. The maximum Gasteiger partial charge on any atom is 0.228 e. The van der Waals surface area contributed by atoms with Crippen molar-refractivity contribution in [2.45, 2.75) is 13.0 Å². The lowest BCUT2D eigenvalue weighted by molar-refractivity contribution is -0.132. The second kappa shape index (κ2) is 9.04. The predicted octanol–water partition coefficient (Wildman–Crippen LogP) is 4.96. The molecule has 0 spiro atoms. The number of para-hydroxylation sites is 1. The van der Waals surface area contributed by atoms with Crippen molar-refractivity contribution in [3.8, 4) is 9.88 Å². The third kappa shape index (κ3) is 4.65. The van der Waals surface area contributed by atoms with Gasteiger partial charge in [-0.05, 0) is 23.8 Å². The summed E-state index contributed by atoms with van der Waals surface area (Å²) in [6.07, 6.45) is 2.20. The molecule has 1 aliphatic rings. The number of thiazole rings is 1. The normalized spacial score (nSPS) is 14.9. The van der Waals surface area contributed by atoms with Gasteiger partial charge in [0.2, 0.25) is 5.91 Å². The van der Waals surface area contributed by atoms with Gasteiger partial charge in [-0.15, -0.1) is 22.7 Å². The number of benzene rings is 1. The lowest BCUT2D eigenvalue weighted by Gasteiger charge is -2.34. The number of rotatable bonds is 5. The first kappa shape index (κ1) is 20.6. The highest BCUT2D eigenvalue weighted by atomic mass is 35.5. The van der Waals surface area contributed by atoms with Gasteiger partial charge in [0, 0.05) is 49.7 Å². The molecule has 158 valence electrons. The van der Waals surface area contributed by atoms with Gasteiger partial charge in [-0.1, -0.05) is 35.9 Å². The number of fused-ring (bicyclic) bond motifs is 1. The summed E-state index contributed by atoms with van der Waals surface area (Å²) in [4.78, 5) is 27.4. The Bertz CT molecular complexity index is 1210. The quantitative estimate of drug-likeness (QED) is 0.415. The zero-order valence-electron chi connectivity index (χ0n) is 16.8. The second-order valence-electron chi connectivity index (χ2n) is 7.57. The van der Waals surface area contributed by atoms with Gasteiger partial charge < -0.3 is 4.90 Å². The Hall–Kier alpha value is -2.32. The van der Waals surface area contributed by atoms with Crippen LogP contribution in [-0.4, -0.2) is 51.9 Å². The molecule has 0 aliphatic carbocycles. The highest BCUT2D eigenvalue weighted by Gasteiger charge is 2.22. The number of halogens is 1. The number of aromatic nitrogens is 2. The van der Waals surface area contributed by atoms with E-state index >= 15 is 0 Å². The molecule has 8 heteroatoms. The summed E-state index contributed by atoms with van der Waals surface area (Å²) in [5, 5.41) is 4.07. The molecular formula is C23H21ClN4OS2. The Morgan fingerprint density at radius 1 is 1.06 bits per heavy atom. The highest BCUT2D eigenvalue weighted by Crippen LogP contribution is 2.33. The number of nitrogens with zero attached hydrogens (tertiary/aromatic N) is 4. The first-order valence-electron chi connectivity index (χ1n) is 10.2. The summed E-state index contributed by atoms with van der Waals surface area (Å²) in [5.41, 5.74) is 3.13. The van der Waals surface area contributed by atoms with Crippen LogP contribution in [0.5, 0.6) is 0 Å². The average Bonchev–Trinajstić information content (AvgIpc) is 3.43. The van der Waals surface area contributed by atoms with Crippen molar-refractivity contribution in [3.63, 3.8) is 0 Å². The summed E-state index contributed by atoms with van der Waals surface area (Å²) >= 11 is 9.10. The van der Waals surface area contributed by atoms with Crippen LogP contribution in [-0.2, 0) is 17.8 Å². The van der Waals surface area contributed by atoms with Gasteiger partial charge in [-0.25, -0.2) is 4.98 Å². The van der Waals surface area contributed by atoms with E-state index in [4.69, 9.17) is 11.6 Å². The molecule has 1 aromatic carbocycles. The third-order valence-corrected chi connectivity index (χ3v) is 7.79. The van der Waals surface area contributed by atoms with Gasteiger partial charge in [0.15, 0.2) is 0 Å². The van der Waals surface area contributed by atoms with E-state index in [9.17, 15) is 4.79 Å². The number of amides is 1. The maximum atomic E-state index is 12.8. The molecule has 5 rings (SSSR count). The first-order chi connectivity index (χ1) is 15.2. The summed E-state index contributed by atoms with van der Waals surface area (Å²) in [7, 11) is 0. The summed E-state index contributed by atoms with van der Waals surface area (Å²) in [6.45, 7) is 4.08. The second-order valence-corrected chi connectivity index (χ2v) is 10.1. The van der Waals surface area contributed by atoms with E-state index in [1.807, 2.05) is 34.7 Å². The van der Waals surface area contributed by atoms with Gasteiger partial charge >= 0.3 is 0 Å². The molecule has 0 atom stereocenters. The van der Waals surface area contributed by atoms with Crippen LogP contribution in [0.25, 0.3) is 20.8 Å². The molecule has 0 N–H and O–H groups in total. The molecule has 5 nitrogen and oxygen atoms in total. The van der Waals surface area contributed by atoms with Crippen LogP contribution in [0.4, 0.5) is 0 Å². The zero-order valence-corrected chi connectivity index (χ0v) is 19.2. The first-order valence-corrected chi connectivity index (χ1v) is 12.3. The summed E-state index contributed by atoms with van der Waals surface area (Å²) in [6, 6.07) is 14.2. The fourth-order valence-corrected chi connectivity index (χ4v) is 5.82. The summed E-state index contributed by atoms with van der Waals surface area (Å²) in [5.74, 6) is 0.146. The standard InChI is InChI=1S/C23H21ClN4OS2/c24-20-7-6-19(31-20)23-26-18(15-30-23)13-21(29)28-11-9-27(10-12-28)14-17-4-1-3-16-5-2-8-25-22(16)17/h1-8,15H,9-14H2. The van der Waals surface area contributed by atoms with Crippen molar-refractivity contribution >= 4 is 51.1 Å². The van der Waals surface area contributed by atoms with Crippen molar-refractivity contribution in [1.29, 1.82) is 0 Å². The minimum atomic E-state index is 0.146. The van der Waals surface area contributed by atoms with Gasteiger partial charge in [-0.3, -0.25) is 14.7 Å². The van der Waals surface area contributed by atoms with Crippen LogP contribution < -0.4 is 0 Å². The Morgan fingerprint density at radius 2 is 1.90 bits per heavy atom. The van der Waals surface area contributed by atoms with Gasteiger partial charge in [0.1, 0.15) is 5.01 Å². The van der Waals surface area contributed by atoms with E-state index in [0.29, 0.717) is 6.42 Å². The van der Waals surface area contributed by atoms with E-state index in [0.717, 1.165) is 58.2 Å². The fourth-order valence-electron chi connectivity index (χ4n) is 3.89. The topological polar surface area (TPSA) is 49.3 Å². The molecule has 31 heavy (non-hydrogen) atoms. The van der Waals surface area contributed by atoms with E-state index in [2.05, 4.69) is 39.1 Å². The van der Waals surface area contributed by atoms with E-state index in [-0.39, 0.29) is 5.91 Å². The van der Waals surface area contributed by atoms with E-state index in [1.165, 1.54) is 22.3 Å². The number of thiophene rings is 1. The molecule has 1 fully saturated rings. The molecule has 3 aromatic heterocycles. The molecule has 4 heterocycles. The molecule has 1 amide bonds. The minimum absolute atomic E-state index is 0.146. The van der Waals surface area contributed by atoms with E-state index in [1.54, 1.807) is 11.3 Å². The average molecular weight is 469 g/mol. The molecule has 1 saturated heterocycles. The Labute approximate surface area is 193 Å². The third-order valence-electron chi connectivity index (χ3n) is 5.50. The van der Waals surface area contributed by atoms with Gasteiger partial charge in [0.05, 0.1) is 26.8 Å². The van der Waals surface area contributed by atoms with E-state index < -0.39 is 0 Å². The smallest absolute Gasteiger partial charge is 0.228 e. The highest BCUT2D eigenvalue weighted by molar-refractivity contribution is 7.23. The van der Waals surface area contributed by atoms with Crippen molar-refractivity contribution < 1.29 is 4.79 Å². The van der Waals surface area contributed by atoms with Crippen LogP contribution in [0.15, 0.2) is 54.0 Å². The van der Waals surface area contributed by atoms with Crippen molar-refractivity contribution in [2.24, 2.45) is 0 Å². The fraction of sp³-hybridized carbons (Fsp3) is 0.261. The Balaban J connectivity index is 1.17. The number of hydrogen-bond donors (Lipinski definition) is 0. The van der Waals surface area contributed by atoms with Gasteiger partial charge in [-0.2, -0.15) is 0 Å². The van der Waals surface area contributed by atoms with Crippen LogP contribution in [0.2, 0.25) is 4.34 Å². The molecule has 1 aliphatic heterocycles. The molecule has 0 unspecified atom stereocenters. The van der Waals surface area contributed by atoms with Crippen LogP contribution in [0.3, 0.4) is 0 Å². The van der Waals surface area contributed by atoms with Crippen LogP contribution >= 0.6 is 34.3 Å². The number of hydrogen-bond acceptors (Lipinski definition) is 6. The lowest BCUT2D eigenvalue weighted by Crippen LogP contribution is -2.48. The van der Waals surface area contributed by atoms with Gasteiger partial charge in [0.25, 0.3) is 0 Å². The number of carbonyl (C=O) groups is 1. The Morgan fingerprint density at radius 3 is 2.71 bits per heavy atom. The monoisotopic (exact) mass is 468 g/mol. The van der Waals surface area contributed by atoms with Crippen molar-refractivity contribution in [1.82, 2.24) is 19.8 Å². The Kier molecular flexibility index (Phi) is 6.00. The zero-order chi connectivity index (χ0) is 21.2. The van der Waals surface area contributed by atoms with Crippen LogP contribution in [0.1, 0.15) is 11.3 Å². The predicted molar refractivity (Wildman–Crippen MR) is 128 cm³/mol. The molecule has 0 radical (unpaired) electrons. The SMILES string of the molecule is O=C(Cc1csc(-c2ccc(Cl)s2)n1)N1CCN(Cc2cccc3cccnc23)CC1. The molecule has 4 aromatic rings. The van der Waals surface area contributed by atoms with Crippen LogP contribution in [0, 0.1) is 0 Å². The van der Waals surface area contributed by atoms with Crippen molar-refractivity contribution in [2.75, 3.05) is 26.2 Å². The molecule has 0 saturated carbocycles. The number of pyridine rings is 1. The summed E-state index contributed by atoms with van der Waals surface area (Å²) < 4.78 is 0.750. The maximum absolute atomic E-state index is 12.8. The number of carbonyl (C=O) groups excluding carboxylic acids is 1. The number of piperazine rings is 1. The van der Waals surface area contributed by atoms with Crippen molar-refractivity contribution in [3.05, 3.63) is 69.6 Å².